The number of nitrogens with one attached hydrogen (secondary N) is 1. The fraction of sp³-hybridized carbons (Fsp3) is 0.455. The maximum Gasteiger partial charge on any atom is 0.0697 e. The highest BCUT2D eigenvalue weighted by atomic mass is 16.5. The molecule has 1 saturated heterocycles. The molecule has 1 heterocycles. The average Bonchev–Trinajstić information content (AvgIpc) is 2.66. The second-order valence-electron chi connectivity index (χ2n) is 7.09. The van der Waals surface area contributed by atoms with E-state index in [0.717, 1.165) is 52.1 Å². The van der Waals surface area contributed by atoms with E-state index in [1.54, 1.807) is 0 Å². The Morgan fingerprint density at radius 1 is 0.960 bits per heavy atom. The molecule has 3 rings (SSSR count). The lowest BCUT2D eigenvalue weighted by Crippen LogP contribution is -2.52. The Labute approximate surface area is 152 Å². The van der Waals surface area contributed by atoms with Crippen molar-refractivity contribution in [1.29, 1.82) is 0 Å². The standard InChI is InChI=1S/C22H30N2O/c1-2-17-25-19-22(23-21-11-7-4-8-12-21)13-15-24(16-14-22)18-20-9-5-3-6-10-20/h3-12,23H,2,13-19H2,1H3. The number of nitrogens with zero attached hydrogens (tertiary/aromatic N) is 1. The fourth-order valence-corrected chi connectivity index (χ4v) is 3.53. The van der Waals surface area contributed by atoms with Crippen molar-refractivity contribution >= 4 is 5.69 Å². The molecule has 0 aromatic heterocycles. The summed E-state index contributed by atoms with van der Waals surface area (Å²) in [6.45, 7) is 7.03. The minimum Gasteiger partial charge on any atom is -0.379 e. The van der Waals surface area contributed by atoms with Gasteiger partial charge in [-0.3, -0.25) is 4.90 Å². The third-order valence-corrected chi connectivity index (χ3v) is 4.97. The Bertz CT molecular complexity index is 606. The Hall–Kier alpha value is -1.84. The summed E-state index contributed by atoms with van der Waals surface area (Å²) in [6.07, 6.45) is 3.29. The zero-order valence-electron chi connectivity index (χ0n) is 15.3. The molecule has 0 unspecified atom stereocenters. The molecule has 1 fully saturated rings. The normalized spacial score (nSPS) is 17.3. The van der Waals surface area contributed by atoms with Crippen LogP contribution >= 0.6 is 0 Å². The van der Waals surface area contributed by atoms with E-state index >= 15 is 0 Å². The van der Waals surface area contributed by atoms with E-state index in [9.17, 15) is 0 Å². The van der Waals surface area contributed by atoms with Crippen molar-refractivity contribution < 1.29 is 4.74 Å². The SMILES string of the molecule is CCCOCC1(Nc2ccccc2)CCN(Cc2ccccc2)CC1. The molecular formula is C22H30N2O. The van der Waals surface area contributed by atoms with Crippen molar-refractivity contribution in [2.45, 2.75) is 38.3 Å². The Morgan fingerprint density at radius 3 is 2.24 bits per heavy atom. The van der Waals surface area contributed by atoms with Crippen molar-refractivity contribution in [3.63, 3.8) is 0 Å². The number of para-hydroxylation sites is 1. The first-order valence-corrected chi connectivity index (χ1v) is 9.47. The summed E-state index contributed by atoms with van der Waals surface area (Å²) >= 11 is 0. The predicted octanol–water partition coefficient (Wildman–Crippen LogP) is 4.56. The molecule has 2 aromatic carbocycles. The summed E-state index contributed by atoms with van der Waals surface area (Å²) < 4.78 is 5.97. The van der Waals surface area contributed by atoms with E-state index in [2.05, 4.69) is 77.8 Å². The quantitative estimate of drug-likeness (QED) is 0.714. The number of piperidine rings is 1. The predicted molar refractivity (Wildman–Crippen MR) is 105 cm³/mol. The molecule has 3 heteroatoms. The lowest BCUT2D eigenvalue weighted by Gasteiger charge is -2.43. The zero-order chi connectivity index (χ0) is 17.4. The Morgan fingerprint density at radius 2 is 1.60 bits per heavy atom. The number of likely N-dealkylation sites (tertiary alicyclic amines) is 1. The van der Waals surface area contributed by atoms with E-state index < -0.39 is 0 Å². The van der Waals surface area contributed by atoms with Gasteiger partial charge in [-0.25, -0.2) is 0 Å². The van der Waals surface area contributed by atoms with Gasteiger partial charge >= 0.3 is 0 Å². The van der Waals surface area contributed by atoms with Crippen molar-refractivity contribution in [2.75, 3.05) is 31.6 Å². The van der Waals surface area contributed by atoms with Gasteiger partial charge in [0.2, 0.25) is 0 Å². The topological polar surface area (TPSA) is 24.5 Å². The molecule has 0 aliphatic carbocycles. The van der Waals surface area contributed by atoms with Gasteiger partial charge in [-0.05, 0) is 37.0 Å². The molecule has 1 N–H and O–H groups in total. The van der Waals surface area contributed by atoms with Gasteiger partial charge in [0, 0.05) is 31.9 Å². The summed E-state index contributed by atoms with van der Waals surface area (Å²) in [5.74, 6) is 0. The molecule has 0 atom stereocenters. The van der Waals surface area contributed by atoms with Gasteiger partial charge < -0.3 is 10.1 Å². The zero-order valence-corrected chi connectivity index (χ0v) is 15.3. The van der Waals surface area contributed by atoms with Gasteiger partial charge in [0.05, 0.1) is 12.1 Å². The van der Waals surface area contributed by atoms with Crippen LogP contribution < -0.4 is 5.32 Å². The summed E-state index contributed by atoms with van der Waals surface area (Å²) in [5.41, 5.74) is 2.64. The highest BCUT2D eigenvalue weighted by Crippen LogP contribution is 2.28. The monoisotopic (exact) mass is 338 g/mol. The molecule has 0 saturated carbocycles. The van der Waals surface area contributed by atoms with Crippen molar-refractivity contribution in [3.05, 3.63) is 66.2 Å². The van der Waals surface area contributed by atoms with Gasteiger partial charge in [-0.2, -0.15) is 0 Å². The van der Waals surface area contributed by atoms with Crippen LogP contribution in [-0.4, -0.2) is 36.7 Å². The first-order chi connectivity index (χ1) is 12.3. The maximum absolute atomic E-state index is 5.97. The maximum atomic E-state index is 5.97. The number of rotatable bonds is 8. The van der Waals surface area contributed by atoms with Gasteiger partial charge in [0.1, 0.15) is 0 Å². The molecule has 1 aliphatic rings. The Balaban J connectivity index is 1.61. The minimum atomic E-state index is 0.0453. The number of anilines is 1. The second kappa shape index (κ2) is 9.02. The van der Waals surface area contributed by atoms with Crippen LogP contribution in [0.25, 0.3) is 0 Å². The highest BCUT2D eigenvalue weighted by Gasteiger charge is 2.34. The molecule has 134 valence electrons. The van der Waals surface area contributed by atoms with Crippen LogP contribution in [-0.2, 0) is 11.3 Å². The highest BCUT2D eigenvalue weighted by molar-refractivity contribution is 5.45. The summed E-state index contributed by atoms with van der Waals surface area (Å²) in [6, 6.07) is 21.3. The molecule has 0 bridgehead atoms. The third-order valence-electron chi connectivity index (χ3n) is 4.97. The van der Waals surface area contributed by atoms with Crippen molar-refractivity contribution in [2.24, 2.45) is 0 Å². The molecular weight excluding hydrogens is 308 g/mol. The summed E-state index contributed by atoms with van der Waals surface area (Å²) in [7, 11) is 0. The molecule has 0 amide bonds. The van der Waals surface area contributed by atoms with Crippen LogP contribution in [0.2, 0.25) is 0 Å². The van der Waals surface area contributed by atoms with Crippen LogP contribution in [0, 0.1) is 0 Å². The number of benzene rings is 2. The van der Waals surface area contributed by atoms with Crippen LogP contribution in [0.3, 0.4) is 0 Å². The second-order valence-corrected chi connectivity index (χ2v) is 7.09. The Kier molecular flexibility index (Phi) is 6.48. The lowest BCUT2D eigenvalue weighted by atomic mass is 9.87. The van der Waals surface area contributed by atoms with E-state index in [-0.39, 0.29) is 5.54 Å². The van der Waals surface area contributed by atoms with Gasteiger partial charge in [-0.15, -0.1) is 0 Å². The van der Waals surface area contributed by atoms with E-state index in [1.165, 1.54) is 11.3 Å². The third kappa shape index (κ3) is 5.32. The average molecular weight is 338 g/mol. The minimum absolute atomic E-state index is 0.0453. The molecule has 2 aromatic rings. The largest absolute Gasteiger partial charge is 0.379 e. The van der Waals surface area contributed by atoms with Crippen LogP contribution in [0.5, 0.6) is 0 Å². The van der Waals surface area contributed by atoms with Crippen LogP contribution in [0.1, 0.15) is 31.7 Å². The summed E-state index contributed by atoms with van der Waals surface area (Å²) in [4.78, 5) is 2.56. The van der Waals surface area contributed by atoms with Crippen LogP contribution in [0.15, 0.2) is 60.7 Å². The molecule has 1 aliphatic heterocycles. The van der Waals surface area contributed by atoms with Gasteiger partial charge in [0.25, 0.3) is 0 Å². The van der Waals surface area contributed by atoms with E-state index in [1.807, 2.05) is 0 Å². The number of hydrogen-bond acceptors (Lipinski definition) is 3. The first-order valence-electron chi connectivity index (χ1n) is 9.47. The fourth-order valence-electron chi connectivity index (χ4n) is 3.53. The number of ether oxygens (including phenoxy) is 1. The molecule has 0 spiro atoms. The van der Waals surface area contributed by atoms with Crippen LogP contribution in [0.4, 0.5) is 5.69 Å². The smallest absolute Gasteiger partial charge is 0.0697 e. The number of hydrogen-bond donors (Lipinski definition) is 1. The van der Waals surface area contributed by atoms with Crippen molar-refractivity contribution in [1.82, 2.24) is 4.90 Å². The lowest BCUT2D eigenvalue weighted by molar-refractivity contribution is 0.0570. The molecule has 25 heavy (non-hydrogen) atoms. The first kappa shape index (κ1) is 18.0. The molecule has 3 nitrogen and oxygen atoms in total. The van der Waals surface area contributed by atoms with E-state index in [4.69, 9.17) is 4.74 Å². The summed E-state index contributed by atoms with van der Waals surface area (Å²) in [5, 5.41) is 3.79. The van der Waals surface area contributed by atoms with E-state index in [0.29, 0.717) is 0 Å². The van der Waals surface area contributed by atoms with Gasteiger partial charge in [0.15, 0.2) is 0 Å². The molecule has 0 radical (unpaired) electrons. The van der Waals surface area contributed by atoms with Crippen molar-refractivity contribution in [3.8, 4) is 0 Å². The van der Waals surface area contributed by atoms with Gasteiger partial charge in [-0.1, -0.05) is 55.5 Å².